The summed E-state index contributed by atoms with van der Waals surface area (Å²) in [6, 6.07) is 10.1. The maximum Gasteiger partial charge on any atom is 0.338 e. The Kier molecular flexibility index (Phi) is 10.1. The van der Waals surface area contributed by atoms with Gasteiger partial charge in [-0.1, -0.05) is 26.2 Å². The number of ether oxygens (including phenoxy) is 4. The maximum absolute atomic E-state index is 12.3. The normalized spacial score (nSPS) is 10.6. The van der Waals surface area contributed by atoms with Gasteiger partial charge in [-0.15, -0.1) is 0 Å². The van der Waals surface area contributed by atoms with Crippen LogP contribution in [0.5, 0.6) is 17.2 Å². The van der Waals surface area contributed by atoms with Gasteiger partial charge in [0.25, 0.3) is 0 Å². The molecule has 0 atom stereocenters. The third kappa shape index (κ3) is 7.34. The van der Waals surface area contributed by atoms with Crippen molar-refractivity contribution >= 4 is 23.6 Å². The number of unbranched alkanes of at least 4 members (excludes halogenated alkanes) is 3. The maximum atomic E-state index is 12.3. The molecule has 1 N–H and O–H groups in total. The van der Waals surface area contributed by atoms with Gasteiger partial charge in [0.05, 0.1) is 33.5 Å². The van der Waals surface area contributed by atoms with Crippen molar-refractivity contribution in [3.63, 3.8) is 0 Å². The fourth-order valence-corrected chi connectivity index (χ4v) is 3.02. The summed E-state index contributed by atoms with van der Waals surface area (Å²) < 4.78 is 21.2. The smallest absolute Gasteiger partial charge is 0.338 e. The molecule has 2 rings (SSSR count). The van der Waals surface area contributed by atoms with Crippen molar-refractivity contribution in [2.24, 2.45) is 0 Å². The van der Waals surface area contributed by atoms with Gasteiger partial charge < -0.3 is 24.3 Å². The lowest BCUT2D eigenvalue weighted by Gasteiger charge is -2.12. The predicted octanol–water partition coefficient (Wildman–Crippen LogP) is 5.10. The van der Waals surface area contributed by atoms with E-state index >= 15 is 0 Å². The molecule has 0 aromatic heterocycles. The minimum Gasteiger partial charge on any atom is -0.493 e. The third-order valence-corrected chi connectivity index (χ3v) is 4.73. The topological polar surface area (TPSA) is 83.1 Å². The lowest BCUT2D eigenvalue weighted by atomic mass is 10.1. The highest BCUT2D eigenvalue weighted by molar-refractivity contribution is 6.02. The van der Waals surface area contributed by atoms with Gasteiger partial charge in [0.2, 0.25) is 11.7 Å². The summed E-state index contributed by atoms with van der Waals surface area (Å²) >= 11 is 0. The molecule has 0 saturated carbocycles. The zero-order valence-corrected chi connectivity index (χ0v) is 19.1. The average molecular weight is 442 g/mol. The van der Waals surface area contributed by atoms with Gasteiger partial charge in [-0.2, -0.15) is 0 Å². The zero-order valence-electron chi connectivity index (χ0n) is 19.1. The van der Waals surface area contributed by atoms with Gasteiger partial charge in [0, 0.05) is 11.8 Å². The van der Waals surface area contributed by atoms with Crippen LogP contribution in [0.4, 0.5) is 5.69 Å². The van der Waals surface area contributed by atoms with Crippen LogP contribution in [0.15, 0.2) is 42.5 Å². The van der Waals surface area contributed by atoms with Crippen LogP contribution in [0.3, 0.4) is 0 Å². The van der Waals surface area contributed by atoms with E-state index in [9.17, 15) is 9.59 Å². The first-order chi connectivity index (χ1) is 15.5. The predicted molar refractivity (Wildman–Crippen MR) is 125 cm³/mol. The van der Waals surface area contributed by atoms with Crippen LogP contribution in [-0.4, -0.2) is 39.8 Å². The Hall–Kier alpha value is -3.48. The molecule has 0 bridgehead atoms. The number of carbonyl (C=O) groups is 2. The Labute approximate surface area is 189 Å². The second-order valence-electron chi connectivity index (χ2n) is 7.06. The molecular formula is C25H31NO6. The quantitative estimate of drug-likeness (QED) is 0.280. The number of carbonyl (C=O) groups excluding carboxylic acids is 2. The van der Waals surface area contributed by atoms with Crippen LogP contribution in [-0.2, 0) is 9.53 Å². The number of hydrogen-bond acceptors (Lipinski definition) is 6. The van der Waals surface area contributed by atoms with Gasteiger partial charge >= 0.3 is 5.97 Å². The van der Waals surface area contributed by atoms with Crippen LogP contribution in [0.2, 0.25) is 0 Å². The monoisotopic (exact) mass is 441 g/mol. The Morgan fingerprint density at radius 1 is 0.906 bits per heavy atom. The molecule has 0 unspecified atom stereocenters. The first-order valence-electron chi connectivity index (χ1n) is 10.6. The summed E-state index contributed by atoms with van der Waals surface area (Å²) in [5, 5.41) is 2.76. The third-order valence-electron chi connectivity index (χ3n) is 4.73. The number of rotatable bonds is 12. The molecule has 7 nitrogen and oxygen atoms in total. The first-order valence-corrected chi connectivity index (χ1v) is 10.6. The molecule has 0 aliphatic heterocycles. The van der Waals surface area contributed by atoms with E-state index in [1.807, 2.05) is 0 Å². The number of esters is 1. The summed E-state index contributed by atoms with van der Waals surface area (Å²) in [5.41, 5.74) is 1.74. The lowest BCUT2D eigenvalue weighted by molar-refractivity contribution is -0.111. The summed E-state index contributed by atoms with van der Waals surface area (Å²) in [5.74, 6) is 0.808. The SMILES string of the molecule is CCCCCCOC(=O)c1ccc(NC(=O)/C=C/c2cc(OC)c(OC)c(OC)c2)cc1. The fourth-order valence-electron chi connectivity index (χ4n) is 3.02. The molecule has 0 spiro atoms. The van der Waals surface area contributed by atoms with E-state index in [2.05, 4.69) is 12.2 Å². The number of anilines is 1. The van der Waals surface area contributed by atoms with Crippen molar-refractivity contribution in [1.29, 1.82) is 0 Å². The van der Waals surface area contributed by atoms with E-state index in [1.54, 1.807) is 42.5 Å². The van der Waals surface area contributed by atoms with Crippen LogP contribution in [0, 0.1) is 0 Å². The van der Waals surface area contributed by atoms with Crippen molar-refractivity contribution in [3.8, 4) is 17.2 Å². The molecule has 0 heterocycles. The molecule has 7 heteroatoms. The summed E-state index contributed by atoms with van der Waals surface area (Å²) in [4.78, 5) is 24.4. The van der Waals surface area contributed by atoms with Gasteiger partial charge in [0.15, 0.2) is 11.5 Å². The second-order valence-corrected chi connectivity index (χ2v) is 7.06. The summed E-state index contributed by atoms with van der Waals surface area (Å²) in [6.07, 6.45) is 7.24. The van der Waals surface area contributed by atoms with E-state index < -0.39 is 0 Å². The van der Waals surface area contributed by atoms with Crippen molar-refractivity contribution in [3.05, 3.63) is 53.6 Å². The second kappa shape index (κ2) is 13.0. The minimum absolute atomic E-state index is 0.315. The van der Waals surface area contributed by atoms with E-state index in [0.717, 1.165) is 25.7 Å². The molecular weight excluding hydrogens is 410 g/mol. The standard InChI is InChI=1S/C25H31NO6/c1-5-6-7-8-15-32-25(28)19-10-12-20(13-11-19)26-23(27)14-9-18-16-21(29-2)24(31-4)22(17-18)30-3/h9-14,16-17H,5-8,15H2,1-4H3,(H,26,27)/b14-9+. The van der Waals surface area contributed by atoms with E-state index in [0.29, 0.717) is 40.7 Å². The highest BCUT2D eigenvalue weighted by Gasteiger charge is 2.12. The highest BCUT2D eigenvalue weighted by atomic mass is 16.5. The minimum atomic E-state index is -0.360. The van der Waals surface area contributed by atoms with Gasteiger partial charge in [0.1, 0.15) is 0 Å². The summed E-state index contributed by atoms with van der Waals surface area (Å²) in [6.45, 7) is 2.55. The highest BCUT2D eigenvalue weighted by Crippen LogP contribution is 2.38. The van der Waals surface area contributed by atoms with Gasteiger partial charge in [-0.05, 0) is 54.5 Å². The molecule has 32 heavy (non-hydrogen) atoms. The van der Waals surface area contributed by atoms with Gasteiger partial charge in [-0.25, -0.2) is 4.79 Å². The molecule has 0 radical (unpaired) electrons. The van der Waals surface area contributed by atoms with E-state index in [4.69, 9.17) is 18.9 Å². The number of amides is 1. The molecule has 2 aromatic rings. The fraction of sp³-hybridized carbons (Fsp3) is 0.360. The van der Waals surface area contributed by atoms with Crippen molar-refractivity contribution < 1.29 is 28.5 Å². The largest absolute Gasteiger partial charge is 0.493 e. The van der Waals surface area contributed by atoms with Crippen LogP contribution in [0.25, 0.3) is 6.08 Å². The van der Waals surface area contributed by atoms with Crippen molar-refractivity contribution in [2.45, 2.75) is 32.6 Å². The Morgan fingerprint density at radius 3 is 2.12 bits per heavy atom. The molecule has 1 amide bonds. The molecule has 0 fully saturated rings. The molecule has 0 aliphatic rings. The zero-order chi connectivity index (χ0) is 23.3. The molecule has 2 aromatic carbocycles. The Morgan fingerprint density at radius 2 is 1.56 bits per heavy atom. The summed E-state index contributed by atoms with van der Waals surface area (Å²) in [7, 11) is 4.59. The lowest BCUT2D eigenvalue weighted by Crippen LogP contribution is -2.09. The molecule has 172 valence electrons. The molecule has 0 aliphatic carbocycles. The Bertz CT molecular complexity index is 896. The van der Waals surface area contributed by atoms with Crippen LogP contribution in [0.1, 0.15) is 48.5 Å². The first kappa shape index (κ1) is 24.8. The molecule has 0 saturated heterocycles. The number of benzene rings is 2. The average Bonchev–Trinajstić information content (AvgIpc) is 2.82. The van der Waals surface area contributed by atoms with E-state index in [1.165, 1.54) is 27.4 Å². The van der Waals surface area contributed by atoms with Crippen LogP contribution < -0.4 is 19.5 Å². The number of methoxy groups -OCH3 is 3. The number of nitrogens with one attached hydrogen (secondary N) is 1. The Balaban J connectivity index is 1.94. The van der Waals surface area contributed by atoms with Gasteiger partial charge in [-0.3, -0.25) is 4.79 Å². The van der Waals surface area contributed by atoms with Crippen molar-refractivity contribution in [2.75, 3.05) is 33.3 Å². The van der Waals surface area contributed by atoms with Crippen molar-refractivity contribution in [1.82, 2.24) is 0 Å². The number of hydrogen-bond donors (Lipinski definition) is 1. The van der Waals surface area contributed by atoms with Crippen LogP contribution >= 0.6 is 0 Å². The van der Waals surface area contributed by atoms with E-state index in [-0.39, 0.29) is 11.9 Å².